The zero-order valence-corrected chi connectivity index (χ0v) is 16.9. The summed E-state index contributed by atoms with van der Waals surface area (Å²) in [5.74, 6) is -0.618. The van der Waals surface area contributed by atoms with Crippen LogP contribution in [0.4, 0.5) is 18.9 Å². The maximum atomic E-state index is 13.1. The summed E-state index contributed by atoms with van der Waals surface area (Å²) in [4.78, 5) is 20.3. The Bertz CT molecular complexity index is 998. The van der Waals surface area contributed by atoms with E-state index in [9.17, 15) is 18.0 Å². The van der Waals surface area contributed by atoms with Crippen molar-refractivity contribution in [3.63, 3.8) is 0 Å². The van der Waals surface area contributed by atoms with Crippen LogP contribution in [-0.2, 0) is 11.0 Å². The fourth-order valence-electron chi connectivity index (χ4n) is 2.09. The molecule has 146 valence electrons. The Morgan fingerprint density at radius 3 is 2.57 bits per heavy atom. The first kappa shape index (κ1) is 20.9. The summed E-state index contributed by atoms with van der Waals surface area (Å²) in [7, 11) is 0. The van der Waals surface area contributed by atoms with E-state index in [1.165, 1.54) is 23.5 Å². The number of hydrogen-bond donors (Lipinski definition) is 1. The van der Waals surface area contributed by atoms with Gasteiger partial charge >= 0.3 is 6.18 Å². The molecule has 2 heterocycles. The normalized spacial score (nSPS) is 11.5. The summed E-state index contributed by atoms with van der Waals surface area (Å²) in [6.45, 7) is 0. The molecule has 3 aromatic rings. The molecule has 11 heteroatoms. The minimum Gasteiger partial charge on any atom is -0.325 e. The molecule has 0 fully saturated rings. The van der Waals surface area contributed by atoms with Crippen LogP contribution in [0, 0.1) is 0 Å². The smallest absolute Gasteiger partial charge is 0.325 e. The number of halogens is 5. The number of benzene rings is 1. The van der Waals surface area contributed by atoms with Gasteiger partial charge in [-0.15, -0.1) is 11.3 Å². The summed E-state index contributed by atoms with van der Waals surface area (Å²) in [5.41, 5.74) is -0.479. The number of anilines is 1. The molecule has 0 aliphatic rings. The maximum Gasteiger partial charge on any atom is 0.433 e. The fraction of sp³-hybridized carbons (Fsp3) is 0.118. The Morgan fingerprint density at radius 1 is 1.14 bits per heavy atom. The van der Waals surface area contributed by atoms with Gasteiger partial charge in [-0.3, -0.25) is 4.79 Å². The lowest BCUT2D eigenvalue weighted by Gasteiger charge is -2.10. The predicted molar refractivity (Wildman–Crippen MR) is 106 cm³/mol. The molecule has 2 aromatic heterocycles. The van der Waals surface area contributed by atoms with Crippen LogP contribution in [0.2, 0.25) is 10.0 Å². The van der Waals surface area contributed by atoms with Crippen LogP contribution in [-0.4, -0.2) is 21.6 Å². The van der Waals surface area contributed by atoms with Gasteiger partial charge in [0.05, 0.1) is 26.4 Å². The summed E-state index contributed by atoms with van der Waals surface area (Å²) < 4.78 is 39.4. The number of carbonyl (C=O) groups is 1. The van der Waals surface area contributed by atoms with Gasteiger partial charge in [-0.2, -0.15) is 13.2 Å². The molecule has 28 heavy (non-hydrogen) atoms. The van der Waals surface area contributed by atoms with Crippen LogP contribution < -0.4 is 5.32 Å². The monoisotopic (exact) mass is 463 g/mol. The molecular formula is C17H10Cl2F3N3OS2. The number of carbonyl (C=O) groups excluding carboxylic acids is 1. The van der Waals surface area contributed by atoms with Crippen LogP contribution in [0.3, 0.4) is 0 Å². The lowest BCUT2D eigenvalue weighted by molar-refractivity contribution is -0.141. The summed E-state index contributed by atoms with van der Waals surface area (Å²) in [6.07, 6.45) is -4.62. The first-order valence-electron chi connectivity index (χ1n) is 7.60. The molecule has 0 aliphatic heterocycles. The number of thiophene rings is 1. The van der Waals surface area contributed by atoms with Crippen molar-refractivity contribution in [1.82, 2.24) is 9.97 Å². The molecule has 0 saturated carbocycles. The molecule has 1 aromatic carbocycles. The van der Waals surface area contributed by atoms with E-state index in [0.29, 0.717) is 15.6 Å². The maximum absolute atomic E-state index is 13.1. The molecule has 0 atom stereocenters. The Hall–Kier alpha value is -1.81. The number of thioether (sulfide) groups is 1. The van der Waals surface area contributed by atoms with E-state index >= 15 is 0 Å². The van der Waals surface area contributed by atoms with Crippen molar-refractivity contribution in [2.45, 2.75) is 11.3 Å². The number of alkyl halides is 3. The molecular weight excluding hydrogens is 454 g/mol. The van der Waals surface area contributed by atoms with Crippen LogP contribution in [0.5, 0.6) is 0 Å². The highest BCUT2D eigenvalue weighted by molar-refractivity contribution is 7.99. The average molecular weight is 464 g/mol. The predicted octanol–water partition coefficient (Wildman–Crippen LogP) is 6.26. The third-order valence-corrected chi connectivity index (χ3v) is 5.78. The van der Waals surface area contributed by atoms with E-state index in [2.05, 4.69) is 15.3 Å². The van der Waals surface area contributed by atoms with E-state index in [1.807, 2.05) is 0 Å². The van der Waals surface area contributed by atoms with E-state index in [-0.39, 0.29) is 21.6 Å². The Balaban J connectivity index is 1.75. The molecule has 1 amide bonds. The van der Waals surface area contributed by atoms with E-state index < -0.39 is 17.8 Å². The van der Waals surface area contributed by atoms with Gasteiger partial charge in [0, 0.05) is 5.69 Å². The quantitative estimate of drug-likeness (QED) is 0.358. The van der Waals surface area contributed by atoms with E-state index in [4.69, 9.17) is 23.2 Å². The number of aromatic nitrogens is 2. The first-order chi connectivity index (χ1) is 13.2. The minimum absolute atomic E-state index is 0.137. The topological polar surface area (TPSA) is 54.9 Å². The zero-order chi connectivity index (χ0) is 20.3. The summed E-state index contributed by atoms with van der Waals surface area (Å²) in [6, 6.07) is 8.83. The van der Waals surface area contributed by atoms with Crippen molar-refractivity contribution < 1.29 is 18.0 Å². The number of nitrogens with one attached hydrogen (secondary N) is 1. The van der Waals surface area contributed by atoms with Gasteiger partial charge in [0.25, 0.3) is 0 Å². The third-order valence-electron chi connectivity index (χ3n) is 3.31. The van der Waals surface area contributed by atoms with Crippen molar-refractivity contribution in [1.29, 1.82) is 0 Å². The molecule has 0 unspecified atom stereocenters. The Kier molecular flexibility index (Phi) is 6.49. The Labute approximate surface area is 176 Å². The molecule has 1 N–H and O–H groups in total. The summed E-state index contributed by atoms with van der Waals surface area (Å²) >= 11 is 13.8. The average Bonchev–Trinajstić information content (AvgIpc) is 3.17. The van der Waals surface area contributed by atoms with Crippen molar-refractivity contribution in [2.75, 3.05) is 11.1 Å². The van der Waals surface area contributed by atoms with E-state index in [1.54, 1.807) is 23.6 Å². The second-order valence-corrected chi connectivity index (χ2v) is 8.07. The highest BCUT2D eigenvalue weighted by Gasteiger charge is 2.34. The summed E-state index contributed by atoms with van der Waals surface area (Å²) in [5, 5.41) is 4.80. The molecule has 4 nitrogen and oxygen atoms in total. The minimum atomic E-state index is -4.62. The van der Waals surface area contributed by atoms with Crippen molar-refractivity contribution >= 4 is 57.9 Å². The number of nitrogens with zero attached hydrogens (tertiary/aromatic N) is 2. The second kappa shape index (κ2) is 8.69. The lowest BCUT2D eigenvalue weighted by Crippen LogP contribution is -2.15. The highest BCUT2D eigenvalue weighted by Crippen LogP contribution is 2.33. The standard InChI is InChI=1S/C17H10Cl2F3N3OS2/c18-10-4-3-9(6-11(10)19)23-15(26)8-28-16-24-12(13-2-1-5-27-13)7-14(25-16)17(20,21)22/h1-7H,8H2,(H,23,26). The molecule has 0 saturated heterocycles. The van der Waals surface area contributed by atoms with Gasteiger partial charge in [-0.1, -0.05) is 41.0 Å². The SMILES string of the molecule is O=C(CSc1nc(-c2cccs2)cc(C(F)(F)F)n1)Nc1ccc(Cl)c(Cl)c1. The number of hydrogen-bond acceptors (Lipinski definition) is 5. The molecule has 0 aliphatic carbocycles. The van der Waals surface area contributed by atoms with Crippen molar-refractivity contribution in [3.8, 4) is 10.6 Å². The number of amides is 1. The van der Waals surface area contributed by atoms with Gasteiger partial charge in [-0.05, 0) is 35.7 Å². The molecule has 0 spiro atoms. The largest absolute Gasteiger partial charge is 0.433 e. The van der Waals surface area contributed by atoms with Gasteiger partial charge in [0.2, 0.25) is 5.91 Å². The number of rotatable bonds is 5. The van der Waals surface area contributed by atoms with Gasteiger partial charge in [0.15, 0.2) is 5.16 Å². The fourth-order valence-corrected chi connectivity index (χ4v) is 3.73. The van der Waals surface area contributed by atoms with Crippen molar-refractivity contribution in [2.24, 2.45) is 0 Å². The van der Waals surface area contributed by atoms with Gasteiger partial charge in [-0.25, -0.2) is 9.97 Å². The van der Waals surface area contributed by atoms with E-state index in [0.717, 1.165) is 17.8 Å². The van der Waals surface area contributed by atoms with Crippen LogP contribution in [0.15, 0.2) is 46.9 Å². The first-order valence-corrected chi connectivity index (χ1v) is 10.2. The van der Waals surface area contributed by atoms with Crippen LogP contribution in [0.1, 0.15) is 5.69 Å². The lowest BCUT2D eigenvalue weighted by atomic mass is 10.3. The molecule has 0 radical (unpaired) electrons. The third kappa shape index (κ3) is 5.38. The molecule has 3 rings (SSSR count). The van der Waals surface area contributed by atoms with Gasteiger partial charge in [0.1, 0.15) is 5.69 Å². The van der Waals surface area contributed by atoms with Crippen LogP contribution >= 0.6 is 46.3 Å². The Morgan fingerprint density at radius 2 is 1.93 bits per heavy atom. The van der Waals surface area contributed by atoms with Gasteiger partial charge < -0.3 is 5.32 Å². The zero-order valence-electron chi connectivity index (χ0n) is 13.8. The molecule has 0 bridgehead atoms. The highest BCUT2D eigenvalue weighted by atomic mass is 35.5. The van der Waals surface area contributed by atoms with Crippen LogP contribution in [0.25, 0.3) is 10.6 Å². The van der Waals surface area contributed by atoms with Crippen molar-refractivity contribution in [3.05, 3.63) is 57.5 Å². The second-order valence-electron chi connectivity index (χ2n) is 5.36.